The summed E-state index contributed by atoms with van der Waals surface area (Å²) in [5, 5.41) is 3.12. The Labute approximate surface area is 165 Å². The third kappa shape index (κ3) is 3.03. The molecule has 2 heterocycles. The lowest BCUT2D eigenvalue weighted by Gasteiger charge is -2.37. The number of morpholine rings is 1. The minimum atomic E-state index is -0.476. The highest BCUT2D eigenvalue weighted by Crippen LogP contribution is 2.65. The number of nitrogens with one attached hydrogen (secondary N) is 1. The second kappa shape index (κ2) is 6.85. The molecule has 1 saturated heterocycles. The highest BCUT2D eigenvalue weighted by atomic mass is 16.5. The summed E-state index contributed by atoms with van der Waals surface area (Å²) in [5.41, 5.74) is 1.29. The molecular formula is C22H28N2O4. The third-order valence-corrected chi connectivity index (χ3v) is 7.02. The van der Waals surface area contributed by atoms with Crippen molar-refractivity contribution < 1.29 is 19.1 Å². The molecule has 1 N–H and O–H groups in total. The van der Waals surface area contributed by atoms with Gasteiger partial charge in [-0.2, -0.15) is 0 Å². The Bertz CT molecular complexity index is 804. The fourth-order valence-electron chi connectivity index (χ4n) is 5.56. The largest absolute Gasteiger partial charge is 0.486 e. The van der Waals surface area contributed by atoms with Crippen LogP contribution in [0.5, 0.6) is 5.75 Å². The van der Waals surface area contributed by atoms with E-state index < -0.39 is 5.60 Å². The second-order valence-electron chi connectivity index (χ2n) is 8.77. The van der Waals surface area contributed by atoms with Crippen LogP contribution in [-0.4, -0.2) is 61.6 Å². The van der Waals surface area contributed by atoms with Gasteiger partial charge in [-0.05, 0) is 37.8 Å². The number of hydrogen-bond donors (Lipinski definition) is 1. The summed E-state index contributed by atoms with van der Waals surface area (Å²) in [7, 11) is 0. The molecule has 6 heteroatoms. The van der Waals surface area contributed by atoms with Crippen molar-refractivity contribution in [2.45, 2.75) is 31.8 Å². The van der Waals surface area contributed by atoms with Gasteiger partial charge in [-0.15, -0.1) is 0 Å². The van der Waals surface area contributed by atoms with Gasteiger partial charge in [-0.1, -0.05) is 11.6 Å². The summed E-state index contributed by atoms with van der Waals surface area (Å²) in [6.45, 7) is 6.94. The number of rotatable bonds is 4. The summed E-state index contributed by atoms with van der Waals surface area (Å²) < 4.78 is 11.8. The van der Waals surface area contributed by atoms with Crippen molar-refractivity contribution in [3.8, 4) is 5.75 Å². The smallest absolute Gasteiger partial charge is 0.223 e. The number of carbonyl (C=O) groups is 2. The van der Waals surface area contributed by atoms with Gasteiger partial charge in [0.25, 0.3) is 0 Å². The number of benzene rings is 1. The molecular weight excluding hydrogens is 356 g/mol. The Hall–Kier alpha value is -1.92. The SMILES string of the molecule is Cc1ccc2c(c1)C(=O)CC1(CCC3C(C(=O)NCCN4CCOCC4)C31)O2. The maximum absolute atomic E-state index is 12.8. The van der Waals surface area contributed by atoms with Gasteiger partial charge in [0.1, 0.15) is 11.4 Å². The number of aryl methyl sites for hydroxylation is 1. The highest BCUT2D eigenvalue weighted by molar-refractivity contribution is 6.01. The lowest BCUT2D eigenvalue weighted by atomic mass is 9.84. The van der Waals surface area contributed by atoms with Crippen molar-refractivity contribution in [3.63, 3.8) is 0 Å². The van der Waals surface area contributed by atoms with Crippen molar-refractivity contribution in [3.05, 3.63) is 29.3 Å². The summed E-state index contributed by atoms with van der Waals surface area (Å²) in [5.74, 6) is 1.52. The molecule has 28 heavy (non-hydrogen) atoms. The van der Waals surface area contributed by atoms with Crippen LogP contribution in [0.2, 0.25) is 0 Å². The average molecular weight is 384 g/mol. The zero-order valence-electron chi connectivity index (χ0n) is 16.4. The first kappa shape index (κ1) is 18.1. The van der Waals surface area contributed by atoms with Crippen LogP contribution in [0, 0.1) is 24.7 Å². The molecule has 0 aromatic heterocycles. The van der Waals surface area contributed by atoms with Crippen LogP contribution in [0.15, 0.2) is 18.2 Å². The molecule has 6 nitrogen and oxygen atoms in total. The molecule has 1 aromatic rings. The molecule has 150 valence electrons. The zero-order chi connectivity index (χ0) is 19.3. The topological polar surface area (TPSA) is 67.9 Å². The van der Waals surface area contributed by atoms with Gasteiger partial charge >= 0.3 is 0 Å². The second-order valence-corrected chi connectivity index (χ2v) is 8.77. The summed E-state index contributed by atoms with van der Waals surface area (Å²) in [6, 6.07) is 5.82. The van der Waals surface area contributed by atoms with Gasteiger partial charge in [-0.25, -0.2) is 0 Å². The van der Waals surface area contributed by atoms with Crippen LogP contribution in [0.1, 0.15) is 35.2 Å². The molecule has 2 aliphatic heterocycles. The summed E-state index contributed by atoms with van der Waals surface area (Å²) >= 11 is 0. The van der Waals surface area contributed by atoms with Gasteiger partial charge in [0.15, 0.2) is 5.78 Å². The molecule has 5 rings (SSSR count). The predicted molar refractivity (Wildman–Crippen MR) is 103 cm³/mol. The van der Waals surface area contributed by atoms with E-state index in [2.05, 4.69) is 10.2 Å². The quantitative estimate of drug-likeness (QED) is 0.858. The molecule has 0 radical (unpaired) electrons. The number of nitrogens with zero attached hydrogens (tertiary/aromatic N) is 1. The number of hydrogen-bond acceptors (Lipinski definition) is 5. The molecule has 1 spiro atoms. The Morgan fingerprint density at radius 2 is 2.14 bits per heavy atom. The molecule has 1 aromatic carbocycles. The molecule has 2 aliphatic carbocycles. The van der Waals surface area contributed by atoms with E-state index in [1.807, 2.05) is 25.1 Å². The van der Waals surface area contributed by atoms with Crippen molar-refractivity contribution in [1.29, 1.82) is 0 Å². The summed E-state index contributed by atoms with van der Waals surface area (Å²) in [6.07, 6.45) is 2.25. The van der Waals surface area contributed by atoms with Crippen LogP contribution in [-0.2, 0) is 9.53 Å². The number of ether oxygens (including phenoxy) is 2. The third-order valence-electron chi connectivity index (χ3n) is 7.02. The van der Waals surface area contributed by atoms with E-state index in [1.165, 1.54) is 0 Å². The van der Waals surface area contributed by atoms with Crippen LogP contribution in [0.25, 0.3) is 0 Å². The van der Waals surface area contributed by atoms with Gasteiger partial charge in [0, 0.05) is 38.0 Å². The number of amides is 1. The lowest BCUT2D eigenvalue weighted by Crippen LogP contribution is -2.45. The van der Waals surface area contributed by atoms with Gasteiger partial charge in [0.05, 0.1) is 25.2 Å². The zero-order valence-corrected chi connectivity index (χ0v) is 16.4. The van der Waals surface area contributed by atoms with Gasteiger partial charge in [0.2, 0.25) is 5.91 Å². The minimum absolute atomic E-state index is 0.00163. The average Bonchev–Trinajstić information content (AvgIpc) is 3.34. The fraction of sp³-hybridized carbons (Fsp3) is 0.636. The molecule has 3 fully saturated rings. The number of carbonyl (C=O) groups excluding carboxylic acids is 2. The Balaban J connectivity index is 1.22. The van der Waals surface area contributed by atoms with Crippen molar-refractivity contribution in [2.75, 3.05) is 39.4 Å². The molecule has 4 aliphatic rings. The van der Waals surface area contributed by atoms with E-state index in [1.54, 1.807) is 0 Å². The minimum Gasteiger partial charge on any atom is -0.486 e. The number of ketones is 1. The van der Waals surface area contributed by atoms with E-state index in [0.29, 0.717) is 30.2 Å². The molecule has 0 bridgehead atoms. The monoisotopic (exact) mass is 384 g/mol. The summed E-state index contributed by atoms with van der Waals surface area (Å²) in [4.78, 5) is 27.9. The van der Waals surface area contributed by atoms with Crippen LogP contribution >= 0.6 is 0 Å². The molecule has 1 amide bonds. The van der Waals surface area contributed by atoms with Crippen LogP contribution in [0.3, 0.4) is 0 Å². The predicted octanol–water partition coefficient (Wildman–Crippen LogP) is 1.80. The van der Waals surface area contributed by atoms with E-state index >= 15 is 0 Å². The molecule has 4 atom stereocenters. The van der Waals surface area contributed by atoms with Crippen molar-refractivity contribution in [1.82, 2.24) is 10.2 Å². The molecule has 2 saturated carbocycles. The van der Waals surface area contributed by atoms with Gasteiger partial charge in [-0.3, -0.25) is 14.5 Å². The number of Topliss-reactive ketones (excluding diaryl/α,β-unsaturated/α-hetero) is 1. The normalized spacial score (nSPS) is 33.9. The van der Waals surface area contributed by atoms with Gasteiger partial charge < -0.3 is 14.8 Å². The van der Waals surface area contributed by atoms with E-state index in [0.717, 1.165) is 51.3 Å². The maximum atomic E-state index is 12.8. The standard InChI is InChI=1S/C22H28N2O4/c1-14-2-3-18-16(12-14)17(25)13-22(28-18)5-4-15-19(20(15)22)21(26)23-6-7-24-8-10-27-11-9-24/h2-3,12,15,19-20H,4-11,13H2,1H3,(H,23,26). The van der Waals surface area contributed by atoms with E-state index in [-0.39, 0.29) is 23.5 Å². The first-order chi connectivity index (χ1) is 13.6. The fourth-order valence-corrected chi connectivity index (χ4v) is 5.56. The first-order valence-electron chi connectivity index (χ1n) is 10.5. The lowest BCUT2D eigenvalue weighted by molar-refractivity contribution is -0.124. The Morgan fingerprint density at radius 3 is 2.96 bits per heavy atom. The van der Waals surface area contributed by atoms with E-state index in [9.17, 15) is 9.59 Å². The number of fused-ring (bicyclic) bond motifs is 3. The van der Waals surface area contributed by atoms with Crippen molar-refractivity contribution >= 4 is 11.7 Å². The van der Waals surface area contributed by atoms with Crippen molar-refractivity contribution in [2.24, 2.45) is 17.8 Å². The maximum Gasteiger partial charge on any atom is 0.223 e. The van der Waals surface area contributed by atoms with Crippen LogP contribution in [0.4, 0.5) is 0 Å². The molecule has 4 unspecified atom stereocenters. The highest BCUT2D eigenvalue weighted by Gasteiger charge is 2.70. The Kier molecular flexibility index (Phi) is 4.43. The Morgan fingerprint density at radius 1 is 1.32 bits per heavy atom. The van der Waals surface area contributed by atoms with Crippen LogP contribution < -0.4 is 10.1 Å². The first-order valence-corrected chi connectivity index (χ1v) is 10.5. The van der Waals surface area contributed by atoms with E-state index in [4.69, 9.17) is 9.47 Å².